The minimum Gasteiger partial charge on any atom is -0.330 e. The van der Waals surface area contributed by atoms with Crippen LogP contribution in [-0.4, -0.2) is 24.5 Å². The molecule has 0 aliphatic heterocycles. The third-order valence-corrected chi connectivity index (χ3v) is 4.86. The molecule has 0 amide bonds. The van der Waals surface area contributed by atoms with Crippen LogP contribution in [0.15, 0.2) is 24.3 Å². The van der Waals surface area contributed by atoms with E-state index in [1.807, 2.05) is 12.1 Å². The molecule has 3 heteroatoms. The quantitative estimate of drug-likeness (QED) is 0.894. The second-order valence-electron chi connectivity index (χ2n) is 6.19. The SMILES string of the molecule is CCC1CCC(CN)C(N(C)Cc2ccc(F)cc2)C1. The highest BCUT2D eigenvalue weighted by Crippen LogP contribution is 2.33. The van der Waals surface area contributed by atoms with Gasteiger partial charge in [-0.1, -0.05) is 31.9 Å². The Bertz CT molecular complexity index is 404. The first-order valence-electron chi connectivity index (χ1n) is 7.78. The zero-order chi connectivity index (χ0) is 14.5. The molecule has 1 aromatic rings. The van der Waals surface area contributed by atoms with Crippen molar-refractivity contribution in [1.29, 1.82) is 0 Å². The predicted molar refractivity (Wildman–Crippen MR) is 81.8 cm³/mol. The molecule has 0 aromatic heterocycles. The molecule has 3 atom stereocenters. The molecule has 2 N–H and O–H groups in total. The summed E-state index contributed by atoms with van der Waals surface area (Å²) < 4.78 is 13.0. The summed E-state index contributed by atoms with van der Waals surface area (Å²) in [5, 5.41) is 0. The molecule has 3 unspecified atom stereocenters. The molecule has 2 rings (SSSR count). The van der Waals surface area contributed by atoms with Gasteiger partial charge in [-0.05, 0) is 56.0 Å². The lowest BCUT2D eigenvalue weighted by Crippen LogP contribution is -2.44. The average molecular weight is 278 g/mol. The van der Waals surface area contributed by atoms with Crippen LogP contribution in [0.5, 0.6) is 0 Å². The van der Waals surface area contributed by atoms with Gasteiger partial charge in [0.15, 0.2) is 0 Å². The summed E-state index contributed by atoms with van der Waals surface area (Å²) in [5.74, 6) is 1.27. The second-order valence-corrected chi connectivity index (χ2v) is 6.19. The lowest BCUT2D eigenvalue weighted by Gasteiger charge is -2.41. The number of hydrogen-bond acceptors (Lipinski definition) is 2. The molecule has 1 aromatic carbocycles. The molecule has 1 aliphatic rings. The van der Waals surface area contributed by atoms with Crippen LogP contribution in [0.1, 0.15) is 38.2 Å². The van der Waals surface area contributed by atoms with Gasteiger partial charge in [-0.3, -0.25) is 4.90 Å². The second kappa shape index (κ2) is 7.19. The largest absolute Gasteiger partial charge is 0.330 e. The van der Waals surface area contributed by atoms with E-state index in [9.17, 15) is 4.39 Å². The molecule has 0 bridgehead atoms. The van der Waals surface area contributed by atoms with Crippen LogP contribution in [0.4, 0.5) is 4.39 Å². The molecule has 1 fully saturated rings. The van der Waals surface area contributed by atoms with E-state index in [-0.39, 0.29) is 5.82 Å². The summed E-state index contributed by atoms with van der Waals surface area (Å²) in [5.41, 5.74) is 7.13. The topological polar surface area (TPSA) is 29.3 Å². The molecular formula is C17H27FN2. The van der Waals surface area contributed by atoms with E-state index in [4.69, 9.17) is 5.73 Å². The van der Waals surface area contributed by atoms with Crippen molar-refractivity contribution in [3.05, 3.63) is 35.6 Å². The average Bonchev–Trinajstić information content (AvgIpc) is 2.48. The van der Waals surface area contributed by atoms with Crippen LogP contribution in [0.2, 0.25) is 0 Å². The molecule has 0 saturated heterocycles. The fraction of sp³-hybridized carbons (Fsp3) is 0.647. The Morgan fingerprint density at radius 2 is 1.95 bits per heavy atom. The van der Waals surface area contributed by atoms with E-state index in [1.54, 1.807) is 12.1 Å². The van der Waals surface area contributed by atoms with Crippen molar-refractivity contribution in [3.8, 4) is 0 Å². The van der Waals surface area contributed by atoms with Crippen molar-refractivity contribution >= 4 is 0 Å². The third kappa shape index (κ3) is 3.80. The summed E-state index contributed by atoms with van der Waals surface area (Å²) in [6.07, 6.45) is 5.07. The maximum Gasteiger partial charge on any atom is 0.123 e. The minimum absolute atomic E-state index is 0.167. The summed E-state index contributed by atoms with van der Waals surface area (Å²) in [6.45, 7) is 3.93. The standard InChI is InChI=1S/C17H27FN2/c1-3-13-4-7-15(11-19)17(10-13)20(2)12-14-5-8-16(18)9-6-14/h5-6,8-9,13,15,17H,3-4,7,10-12,19H2,1-2H3. The normalized spacial score (nSPS) is 26.9. The number of nitrogens with zero attached hydrogens (tertiary/aromatic N) is 1. The van der Waals surface area contributed by atoms with Gasteiger partial charge in [0, 0.05) is 12.6 Å². The first-order valence-corrected chi connectivity index (χ1v) is 7.78. The Hall–Kier alpha value is -0.930. The molecule has 0 spiro atoms. The van der Waals surface area contributed by atoms with Crippen LogP contribution < -0.4 is 5.73 Å². The summed E-state index contributed by atoms with van der Waals surface area (Å²) in [4.78, 5) is 2.41. The van der Waals surface area contributed by atoms with Crippen molar-refractivity contribution in [2.75, 3.05) is 13.6 Å². The maximum absolute atomic E-state index is 13.0. The third-order valence-electron chi connectivity index (χ3n) is 4.86. The molecule has 112 valence electrons. The van der Waals surface area contributed by atoms with Crippen LogP contribution in [-0.2, 0) is 6.54 Å². The van der Waals surface area contributed by atoms with Crippen molar-refractivity contribution in [2.24, 2.45) is 17.6 Å². The fourth-order valence-corrected chi connectivity index (χ4v) is 3.47. The van der Waals surface area contributed by atoms with Gasteiger partial charge in [-0.2, -0.15) is 0 Å². The Kier molecular flexibility index (Phi) is 5.55. The van der Waals surface area contributed by atoms with Crippen LogP contribution in [0.3, 0.4) is 0 Å². The van der Waals surface area contributed by atoms with E-state index < -0.39 is 0 Å². The molecule has 1 aliphatic carbocycles. The molecule has 0 heterocycles. The molecule has 1 saturated carbocycles. The Balaban J connectivity index is 2.01. The zero-order valence-electron chi connectivity index (χ0n) is 12.7. The number of benzene rings is 1. The van der Waals surface area contributed by atoms with Gasteiger partial charge in [0.25, 0.3) is 0 Å². The first kappa shape index (κ1) is 15.5. The zero-order valence-corrected chi connectivity index (χ0v) is 12.7. The number of nitrogens with two attached hydrogens (primary N) is 1. The highest BCUT2D eigenvalue weighted by molar-refractivity contribution is 5.16. The predicted octanol–water partition coefficient (Wildman–Crippen LogP) is 3.41. The molecule has 2 nitrogen and oxygen atoms in total. The van der Waals surface area contributed by atoms with Crippen molar-refractivity contribution < 1.29 is 4.39 Å². The summed E-state index contributed by atoms with van der Waals surface area (Å²) >= 11 is 0. The molecule has 20 heavy (non-hydrogen) atoms. The van der Waals surface area contributed by atoms with Gasteiger partial charge < -0.3 is 5.73 Å². The van der Waals surface area contributed by atoms with E-state index >= 15 is 0 Å². The van der Waals surface area contributed by atoms with Crippen LogP contribution in [0.25, 0.3) is 0 Å². The van der Waals surface area contributed by atoms with Crippen molar-refractivity contribution in [3.63, 3.8) is 0 Å². The van der Waals surface area contributed by atoms with Gasteiger partial charge in [0.05, 0.1) is 0 Å². The molecule has 0 radical (unpaired) electrons. The van der Waals surface area contributed by atoms with E-state index in [0.717, 1.165) is 19.0 Å². The summed E-state index contributed by atoms with van der Waals surface area (Å²) in [6, 6.07) is 7.40. The smallest absolute Gasteiger partial charge is 0.123 e. The Morgan fingerprint density at radius 3 is 2.55 bits per heavy atom. The fourth-order valence-electron chi connectivity index (χ4n) is 3.47. The van der Waals surface area contributed by atoms with Crippen LogP contribution >= 0.6 is 0 Å². The minimum atomic E-state index is -0.167. The van der Waals surface area contributed by atoms with Crippen LogP contribution in [0, 0.1) is 17.7 Å². The van der Waals surface area contributed by atoms with Gasteiger partial charge in [0.2, 0.25) is 0 Å². The van der Waals surface area contributed by atoms with Gasteiger partial charge in [0.1, 0.15) is 5.82 Å². The van der Waals surface area contributed by atoms with E-state index in [1.165, 1.54) is 31.2 Å². The highest BCUT2D eigenvalue weighted by atomic mass is 19.1. The Labute approximate surface area is 122 Å². The van der Waals surface area contributed by atoms with Crippen molar-refractivity contribution in [2.45, 2.75) is 45.2 Å². The van der Waals surface area contributed by atoms with E-state index in [0.29, 0.717) is 12.0 Å². The van der Waals surface area contributed by atoms with Crippen molar-refractivity contribution in [1.82, 2.24) is 4.90 Å². The monoisotopic (exact) mass is 278 g/mol. The Morgan fingerprint density at radius 1 is 1.25 bits per heavy atom. The molecular weight excluding hydrogens is 251 g/mol. The first-order chi connectivity index (χ1) is 9.63. The van der Waals surface area contributed by atoms with Gasteiger partial charge in [-0.15, -0.1) is 0 Å². The van der Waals surface area contributed by atoms with E-state index in [2.05, 4.69) is 18.9 Å². The maximum atomic E-state index is 13.0. The number of hydrogen-bond donors (Lipinski definition) is 1. The van der Waals surface area contributed by atoms with Gasteiger partial charge >= 0.3 is 0 Å². The number of rotatable bonds is 5. The number of halogens is 1. The summed E-state index contributed by atoms with van der Waals surface area (Å²) in [7, 11) is 2.18. The lowest BCUT2D eigenvalue weighted by atomic mass is 9.76. The lowest BCUT2D eigenvalue weighted by molar-refractivity contribution is 0.0965. The highest BCUT2D eigenvalue weighted by Gasteiger charge is 2.31. The van der Waals surface area contributed by atoms with Gasteiger partial charge in [-0.25, -0.2) is 4.39 Å².